The van der Waals surface area contributed by atoms with Crippen molar-refractivity contribution in [3.63, 3.8) is 0 Å². The average molecular weight is 972 g/mol. The molecule has 6 aromatic heterocycles. The van der Waals surface area contributed by atoms with E-state index < -0.39 is 0 Å². The molecule has 0 radical (unpaired) electrons. The Morgan fingerprint density at radius 3 is 1.04 bits per heavy atom. The number of fused-ring (bicyclic) bond motifs is 3. The van der Waals surface area contributed by atoms with E-state index in [0.717, 1.165) is 88.8 Å². The highest BCUT2D eigenvalue weighted by molar-refractivity contribution is 6.01. The summed E-state index contributed by atoms with van der Waals surface area (Å²) < 4.78 is 6.57. The number of benzene rings is 7. The van der Waals surface area contributed by atoms with Gasteiger partial charge in [0, 0.05) is 122 Å². The van der Waals surface area contributed by atoms with E-state index in [1.165, 1.54) is 0 Å². The minimum atomic E-state index is 0.229. The number of pyridine rings is 3. The zero-order valence-corrected chi connectivity index (χ0v) is 41.0. The van der Waals surface area contributed by atoms with E-state index in [1.54, 1.807) is 0 Å². The average Bonchev–Trinajstić information content (AvgIpc) is 4.26. The van der Waals surface area contributed by atoms with Crippen LogP contribution in [0.2, 0.25) is 0 Å². The first-order chi connectivity index (χ1) is 37.5. The Hall–Kier alpha value is -10.9. The number of para-hydroxylation sites is 3. The maximum absolute atomic E-state index is 11.4. The van der Waals surface area contributed by atoms with E-state index in [1.807, 2.05) is 165 Å². The molecule has 0 aliphatic heterocycles. The van der Waals surface area contributed by atoms with Crippen LogP contribution in [0.3, 0.4) is 0 Å². The van der Waals surface area contributed by atoms with Crippen LogP contribution in [0.4, 0.5) is 0 Å². The van der Waals surface area contributed by atoms with E-state index in [4.69, 9.17) is 0 Å². The summed E-state index contributed by atoms with van der Waals surface area (Å²) in [7, 11) is 0. The molecule has 13 rings (SSSR count). The number of nitriles is 3. The molecule has 9 heteroatoms. The highest BCUT2D eigenvalue weighted by Gasteiger charge is 2.28. The van der Waals surface area contributed by atoms with Crippen molar-refractivity contribution in [2.75, 3.05) is 0 Å². The van der Waals surface area contributed by atoms with Crippen LogP contribution in [-0.2, 0) is 0 Å². The highest BCUT2D eigenvalue weighted by Crippen LogP contribution is 2.46. The van der Waals surface area contributed by atoms with Gasteiger partial charge in [-0.15, -0.1) is 0 Å². The SMILES string of the molecule is Cc1cc2cncc(-c3ccc(-c4c(C#N)c(-c5ccc(-c6cncc7ccn(-c8ccccc8)c67)cc5)c(C#N)c(-c5ccc(-c6cncc7ccn(-c8ccccc8)c67)cc5)c4C#N)cc3)c2n1-c1ccccc1. The Bertz CT molecular complexity index is 4310. The number of hydrogen-bond acceptors (Lipinski definition) is 6. The summed E-state index contributed by atoms with van der Waals surface area (Å²) in [5.74, 6) is 0. The zero-order valence-electron chi connectivity index (χ0n) is 41.0. The fourth-order valence-corrected chi connectivity index (χ4v) is 11.0. The highest BCUT2D eigenvalue weighted by atomic mass is 15.0. The van der Waals surface area contributed by atoms with Gasteiger partial charge in [0.15, 0.2) is 0 Å². The van der Waals surface area contributed by atoms with E-state index in [-0.39, 0.29) is 16.7 Å². The molecule has 0 aliphatic rings. The van der Waals surface area contributed by atoms with Gasteiger partial charge in [-0.05, 0) is 94.9 Å². The first kappa shape index (κ1) is 45.0. The largest absolute Gasteiger partial charge is 0.316 e. The smallest absolute Gasteiger partial charge is 0.101 e. The van der Waals surface area contributed by atoms with Gasteiger partial charge in [-0.3, -0.25) is 15.0 Å². The van der Waals surface area contributed by atoms with Crippen LogP contribution in [0, 0.1) is 40.9 Å². The minimum absolute atomic E-state index is 0.229. The molecule has 0 saturated heterocycles. The normalized spacial score (nSPS) is 11.2. The maximum atomic E-state index is 11.4. The lowest BCUT2D eigenvalue weighted by Gasteiger charge is -2.20. The Balaban J connectivity index is 0.991. The summed E-state index contributed by atoms with van der Waals surface area (Å²) in [6, 6.07) is 68.3. The molecule has 354 valence electrons. The zero-order chi connectivity index (χ0) is 51.3. The van der Waals surface area contributed by atoms with Crippen LogP contribution >= 0.6 is 0 Å². The molecule has 7 aromatic carbocycles. The summed E-state index contributed by atoms with van der Waals surface area (Å²) in [4.78, 5) is 13.9. The Labute approximate surface area is 438 Å². The lowest BCUT2D eigenvalue weighted by atomic mass is 9.80. The van der Waals surface area contributed by atoms with Gasteiger partial charge in [0.1, 0.15) is 18.2 Å². The standard InChI is InChI=1S/C67H41N9/c1-43-33-52-39-73-42-61(67(52)76(43)55-15-9-4-10-16-55)46-21-27-49(28-22-46)64-57(35-69)62(47-23-17-44(18-24-47)59-40-71-37-50-29-31-74(65(50)59)53-11-5-2-6-12-53)56(34-68)63(58(64)36-70)48-25-19-45(20-26-48)60-41-72-38-51-30-32-75(66(51)60)54-13-7-3-8-14-54/h2-33,37-42H,1H3. The number of aromatic nitrogens is 6. The van der Waals surface area contributed by atoms with Crippen LogP contribution in [0.25, 0.3) is 117 Å². The van der Waals surface area contributed by atoms with Crippen LogP contribution in [0.1, 0.15) is 22.4 Å². The van der Waals surface area contributed by atoms with Gasteiger partial charge in [0.2, 0.25) is 0 Å². The van der Waals surface area contributed by atoms with Crippen molar-refractivity contribution in [1.29, 1.82) is 15.8 Å². The van der Waals surface area contributed by atoms with Gasteiger partial charge >= 0.3 is 0 Å². The first-order valence-electron chi connectivity index (χ1n) is 24.8. The lowest BCUT2D eigenvalue weighted by Crippen LogP contribution is -2.03. The molecule has 76 heavy (non-hydrogen) atoms. The molecule has 0 fully saturated rings. The van der Waals surface area contributed by atoms with Crippen molar-refractivity contribution in [1.82, 2.24) is 28.7 Å². The molecular weight excluding hydrogens is 931 g/mol. The lowest BCUT2D eigenvalue weighted by molar-refractivity contribution is 1.05. The van der Waals surface area contributed by atoms with Gasteiger partial charge in [-0.25, -0.2) is 0 Å². The molecule has 0 aliphatic carbocycles. The van der Waals surface area contributed by atoms with Crippen LogP contribution < -0.4 is 0 Å². The minimum Gasteiger partial charge on any atom is -0.316 e. The second kappa shape index (κ2) is 18.6. The third kappa shape index (κ3) is 7.41. The van der Waals surface area contributed by atoms with Crippen molar-refractivity contribution in [3.8, 4) is 102 Å². The third-order valence-electron chi connectivity index (χ3n) is 14.4. The molecule has 6 heterocycles. The Morgan fingerprint density at radius 1 is 0.342 bits per heavy atom. The van der Waals surface area contributed by atoms with E-state index in [9.17, 15) is 15.8 Å². The Morgan fingerprint density at radius 2 is 0.671 bits per heavy atom. The summed E-state index contributed by atoms with van der Waals surface area (Å²) in [6.45, 7) is 2.09. The molecular formula is C67H41N9. The molecule has 0 unspecified atom stereocenters. The first-order valence-corrected chi connectivity index (χ1v) is 24.8. The fraction of sp³-hybridized carbons (Fsp3) is 0.0149. The van der Waals surface area contributed by atoms with Crippen molar-refractivity contribution in [2.24, 2.45) is 0 Å². The number of hydrogen-bond donors (Lipinski definition) is 0. The van der Waals surface area contributed by atoms with Gasteiger partial charge in [0.25, 0.3) is 0 Å². The van der Waals surface area contributed by atoms with Crippen molar-refractivity contribution in [3.05, 3.63) is 254 Å². The van der Waals surface area contributed by atoms with E-state index in [2.05, 4.69) is 121 Å². The summed E-state index contributed by atoms with van der Waals surface area (Å²) in [5.41, 5.74) is 16.7. The molecule has 0 saturated carbocycles. The van der Waals surface area contributed by atoms with E-state index >= 15 is 0 Å². The maximum Gasteiger partial charge on any atom is 0.101 e. The van der Waals surface area contributed by atoms with E-state index in [0.29, 0.717) is 33.4 Å². The van der Waals surface area contributed by atoms with Crippen molar-refractivity contribution < 1.29 is 0 Å². The monoisotopic (exact) mass is 971 g/mol. The van der Waals surface area contributed by atoms with Crippen molar-refractivity contribution >= 4 is 32.7 Å². The predicted molar refractivity (Wildman–Crippen MR) is 302 cm³/mol. The van der Waals surface area contributed by atoms with Crippen LogP contribution in [-0.4, -0.2) is 28.7 Å². The van der Waals surface area contributed by atoms with Crippen LogP contribution in [0.15, 0.2) is 232 Å². The van der Waals surface area contributed by atoms with Crippen molar-refractivity contribution in [2.45, 2.75) is 6.92 Å². The quantitative estimate of drug-likeness (QED) is 0.142. The summed E-state index contributed by atoms with van der Waals surface area (Å²) in [5, 5.41) is 37.2. The molecule has 9 nitrogen and oxygen atoms in total. The predicted octanol–water partition coefficient (Wildman–Crippen LogP) is 15.6. The van der Waals surface area contributed by atoms with Gasteiger partial charge < -0.3 is 13.7 Å². The molecule has 0 amide bonds. The van der Waals surface area contributed by atoms with Gasteiger partial charge in [-0.2, -0.15) is 15.8 Å². The molecule has 0 bridgehead atoms. The molecule has 13 aromatic rings. The second-order valence-corrected chi connectivity index (χ2v) is 18.7. The van der Waals surface area contributed by atoms with Gasteiger partial charge in [-0.1, -0.05) is 127 Å². The number of nitrogens with zero attached hydrogens (tertiary/aromatic N) is 9. The Kier molecular flexibility index (Phi) is 11.0. The van der Waals surface area contributed by atoms with Gasteiger partial charge in [0.05, 0.1) is 33.2 Å². The molecule has 0 N–H and O–H groups in total. The number of rotatable bonds is 9. The van der Waals surface area contributed by atoms with Crippen LogP contribution in [0.5, 0.6) is 0 Å². The molecule has 0 atom stereocenters. The third-order valence-corrected chi connectivity index (χ3v) is 14.4. The fourth-order valence-electron chi connectivity index (χ4n) is 11.0. The topological polar surface area (TPSA) is 125 Å². The summed E-state index contributed by atoms with van der Waals surface area (Å²) in [6.07, 6.45) is 15.3. The molecule has 0 spiro atoms. The number of aryl methyl sites for hydroxylation is 1. The second-order valence-electron chi connectivity index (χ2n) is 18.7. The summed E-state index contributed by atoms with van der Waals surface area (Å²) >= 11 is 0.